The van der Waals surface area contributed by atoms with Crippen LogP contribution in [0.1, 0.15) is 42.6 Å². The number of amides is 1. The van der Waals surface area contributed by atoms with Gasteiger partial charge in [-0.25, -0.2) is 0 Å². The highest BCUT2D eigenvalue weighted by atomic mass is 35.5. The predicted octanol–water partition coefficient (Wildman–Crippen LogP) is 5.07. The van der Waals surface area contributed by atoms with E-state index in [1.165, 1.54) is 0 Å². The summed E-state index contributed by atoms with van der Waals surface area (Å²) < 4.78 is 1.76. The molecule has 27 heavy (non-hydrogen) atoms. The molecule has 0 N–H and O–H groups in total. The minimum absolute atomic E-state index is 0.00652. The Morgan fingerprint density at radius 2 is 1.78 bits per heavy atom. The topological polar surface area (TPSA) is 42.3 Å². The minimum Gasteiger partial charge on any atom is -0.311 e. The fourth-order valence-electron chi connectivity index (χ4n) is 3.31. The van der Waals surface area contributed by atoms with Crippen LogP contribution >= 0.6 is 11.6 Å². The quantitative estimate of drug-likeness (QED) is 0.631. The van der Waals surface area contributed by atoms with Crippen molar-refractivity contribution in [2.45, 2.75) is 33.2 Å². The van der Waals surface area contributed by atoms with Gasteiger partial charge >= 0.3 is 0 Å². The molecule has 1 aromatic heterocycles. The van der Waals surface area contributed by atoms with Crippen LogP contribution in [0.15, 0.2) is 53.3 Å². The van der Waals surface area contributed by atoms with Gasteiger partial charge in [-0.15, -0.1) is 0 Å². The van der Waals surface area contributed by atoms with Crippen LogP contribution in [0.5, 0.6) is 0 Å². The Labute approximate surface area is 164 Å². The van der Waals surface area contributed by atoms with Gasteiger partial charge in [0.1, 0.15) is 0 Å². The van der Waals surface area contributed by atoms with Crippen LogP contribution in [0.25, 0.3) is 10.9 Å². The number of fused-ring (bicyclic) bond motifs is 1. The van der Waals surface area contributed by atoms with E-state index in [4.69, 9.17) is 11.6 Å². The molecule has 3 aromatic rings. The summed E-state index contributed by atoms with van der Waals surface area (Å²) in [5.74, 6) is 0.0974. The van der Waals surface area contributed by atoms with Gasteiger partial charge in [0.05, 0.1) is 5.52 Å². The van der Waals surface area contributed by atoms with Gasteiger partial charge < -0.3 is 9.47 Å². The molecule has 0 spiro atoms. The highest BCUT2D eigenvalue weighted by molar-refractivity contribution is 6.30. The fraction of sp³-hybridized carbons (Fsp3) is 0.273. The Kier molecular flexibility index (Phi) is 5.38. The first-order valence-corrected chi connectivity index (χ1v) is 9.42. The molecule has 0 radical (unpaired) electrons. The van der Waals surface area contributed by atoms with E-state index in [-0.39, 0.29) is 17.4 Å². The number of hydrogen-bond acceptors (Lipinski definition) is 2. The van der Waals surface area contributed by atoms with Crippen LogP contribution in [0.4, 0.5) is 5.69 Å². The molecule has 4 nitrogen and oxygen atoms in total. The third-order valence-electron chi connectivity index (χ3n) is 4.85. The Bertz CT molecular complexity index is 1050. The maximum Gasteiger partial charge on any atom is 0.258 e. The third kappa shape index (κ3) is 3.62. The number of carbonyl (C=O) groups excluding carboxylic acids is 1. The number of halogens is 1. The summed E-state index contributed by atoms with van der Waals surface area (Å²) in [4.78, 5) is 26.9. The van der Waals surface area contributed by atoms with Crippen molar-refractivity contribution in [3.05, 3.63) is 75.0 Å². The zero-order valence-corrected chi connectivity index (χ0v) is 16.7. The summed E-state index contributed by atoms with van der Waals surface area (Å²) in [6.07, 6.45) is 0. The van der Waals surface area contributed by atoms with Gasteiger partial charge in [-0.05, 0) is 60.9 Å². The van der Waals surface area contributed by atoms with Gasteiger partial charge in [0.15, 0.2) is 0 Å². The SMILES string of the molecule is CCn1c(=O)cc(C(C)C)c2cc(N(C)C(=O)c3ccc(Cl)cc3)ccc21. The van der Waals surface area contributed by atoms with Crippen molar-refractivity contribution in [3.63, 3.8) is 0 Å². The molecular formula is C22H23ClN2O2. The molecule has 0 aliphatic rings. The Balaban J connectivity index is 2.11. The van der Waals surface area contributed by atoms with E-state index in [2.05, 4.69) is 13.8 Å². The molecule has 140 valence electrons. The summed E-state index contributed by atoms with van der Waals surface area (Å²) in [5, 5.41) is 1.60. The number of anilines is 1. The third-order valence-corrected chi connectivity index (χ3v) is 5.10. The van der Waals surface area contributed by atoms with Gasteiger partial charge in [-0.2, -0.15) is 0 Å². The van der Waals surface area contributed by atoms with Crippen molar-refractivity contribution in [1.29, 1.82) is 0 Å². The molecule has 5 heteroatoms. The number of hydrogen-bond donors (Lipinski definition) is 0. The number of carbonyl (C=O) groups is 1. The smallest absolute Gasteiger partial charge is 0.258 e. The molecule has 0 unspecified atom stereocenters. The molecule has 0 aliphatic heterocycles. The van der Waals surface area contributed by atoms with Crippen LogP contribution in [0, 0.1) is 0 Å². The lowest BCUT2D eigenvalue weighted by molar-refractivity contribution is 0.0993. The van der Waals surface area contributed by atoms with E-state index in [0.717, 1.165) is 22.2 Å². The fourth-order valence-corrected chi connectivity index (χ4v) is 3.44. The molecule has 0 atom stereocenters. The van der Waals surface area contributed by atoms with Gasteiger partial charge in [-0.3, -0.25) is 9.59 Å². The van der Waals surface area contributed by atoms with Gasteiger partial charge in [0, 0.05) is 41.3 Å². The highest BCUT2D eigenvalue weighted by Crippen LogP contribution is 2.28. The average Bonchev–Trinajstić information content (AvgIpc) is 2.66. The van der Waals surface area contributed by atoms with E-state index in [0.29, 0.717) is 17.1 Å². The van der Waals surface area contributed by atoms with Crippen molar-refractivity contribution in [1.82, 2.24) is 4.57 Å². The van der Waals surface area contributed by atoms with E-state index in [9.17, 15) is 9.59 Å². The van der Waals surface area contributed by atoms with Crippen molar-refractivity contribution in [2.24, 2.45) is 0 Å². The van der Waals surface area contributed by atoms with Gasteiger partial charge in [0.2, 0.25) is 0 Å². The van der Waals surface area contributed by atoms with Gasteiger partial charge in [0.25, 0.3) is 11.5 Å². The van der Waals surface area contributed by atoms with Crippen LogP contribution in [-0.2, 0) is 6.54 Å². The van der Waals surface area contributed by atoms with E-state index in [1.807, 2.05) is 25.1 Å². The van der Waals surface area contributed by atoms with E-state index >= 15 is 0 Å². The molecule has 0 aliphatic carbocycles. The minimum atomic E-state index is -0.110. The van der Waals surface area contributed by atoms with E-state index in [1.54, 1.807) is 46.8 Å². The normalized spacial score (nSPS) is 11.2. The van der Waals surface area contributed by atoms with Crippen LogP contribution in [-0.4, -0.2) is 17.5 Å². The first kappa shape index (κ1) is 19.2. The first-order valence-electron chi connectivity index (χ1n) is 9.04. The van der Waals surface area contributed by atoms with Crippen molar-refractivity contribution < 1.29 is 4.79 Å². The molecule has 0 bridgehead atoms. The molecule has 0 saturated carbocycles. The summed E-state index contributed by atoms with van der Waals surface area (Å²) in [6, 6.07) is 14.4. The second kappa shape index (κ2) is 7.57. The lowest BCUT2D eigenvalue weighted by Crippen LogP contribution is -2.26. The molecule has 0 saturated heterocycles. The predicted molar refractivity (Wildman–Crippen MR) is 112 cm³/mol. The zero-order valence-electron chi connectivity index (χ0n) is 16.0. The molecule has 0 fully saturated rings. The first-order chi connectivity index (χ1) is 12.8. The summed E-state index contributed by atoms with van der Waals surface area (Å²) in [6.45, 7) is 6.70. The maximum absolute atomic E-state index is 12.8. The number of pyridine rings is 1. The van der Waals surface area contributed by atoms with Crippen LogP contribution < -0.4 is 10.5 Å². The second-order valence-electron chi connectivity index (χ2n) is 6.91. The molecule has 1 heterocycles. The molecule has 3 rings (SSSR count). The summed E-state index contributed by atoms with van der Waals surface area (Å²) >= 11 is 5.91. The van der Waals surface area contributed by atoms with Crippen LogP contribution in [0.3, 0.4) is 0 Å². The van der Waals surface area contributed by atoms with Crippen molar-refractivity contribution in [3.8, 4) is 0 Å². The largest absolute Gasteiger partial charge is 0.311 e. The Morgan fingerprint density at radius 1 is 1.11 bits per heavy atom. The average molecular weight is 383 g/mol. The van der Waals surface area contributed by atoms with Gasteiger partial charge in [-0.1, -0.05) is 25.4 Å². The number of benzene rings is 2. The molecular weight excluding hydrogens is 360 g/mol. The zero-order chi connectivity index (χ0) is 19.7. The van der Waals surface area contributed by atoms with Crippen molar-refractivity contribution >= 4 is 34.1 Å². The van der Waals surface area contributed by atoms with E-state index < -0.39 is 0 Å². The highest BCUT2D eigenvalue weighted by Gasteiger charge is 2.16. The lowest BCUT2D eigenvalue weighted by Gasteiger charge is -2.20. The number of nitrogens with zero attached hydrogens (tertiary/aromatic N) is 2. The monoisotopic (exact) mass is 382 g/mol. The Hall–Kier alpha value is -2.59. The second-order valence-corrected chi connectivity index (χ2v) is 7.35. The number of aryl methyl sites for hydroxylation is 1. The molecule has 1 amide bonds. The lowest BCUT2D eigenvalue weighted by atomic mass is 9.98. The standard InChI is InChI=1S/C22H23ClN2O2/c1-5-25-20-11-10-17(12-19(20)18(14(2)3)13-21(25)26)24(4)22(27)15-6-8-16(23)9-7-15/h6-14H,5H2,1-4H3. The number of aromatic nitrogens is 1. The number of rotatable bonds is 4. The Morgan fingerprint density at radius 3 is 2.37 bits per heavy atom. The van der Waals surface area contributed by atoms with Crippen molar-refractivity contribution in [2.75, 3.05) is 11.9 Å². The molecule has 2 aromatic carbocycles. The summed E-state index contributed by atoms with van der Waals surface area (Å²) in [7, 11) is 1.75. The maximum atomic E-state index is 12.8. The summed E-state index contributed by atoms with van der Waals surface area (Å²) in [5.41, 5.74) is 3.25. The van der Waals surface area contributed by atoms with Crippen LogP contribution in [0.2, 0.25) is 5.02 Å².